The molecule has 1 heterocycles. The molecule has 0 bridgehead atoms. The van der Waals surface area contributed by atoms with Crippen LogP contribution < -0.4 is 25.1 Å². The molecule has 42 heavy (non-hydrogen) atoms. The van der Waals surface area contributed by atoms with Crippen LogP contribution in [0.2, 0.25) is 0 Å². The smallest absolute Gasteiger partial charge is 0.266 e. The molecule has 1 aliphatic heterocycles. The van der Waals surface area contributed by atoms with Gasteiger partial charge in [-0.05, 0) is 59.5 Å². The standard InChI is InChI=1S/C30H34N6O6/c1-39-26-13-8-21(18-27(26)40-2)14-15-32-35-29(38)30(19-23-6-3-4-7-25(23)34-36-31)20-42-28(33-30)22-9-11-24(12-10-22)41-17-5-16-37/h3-4,6-13,18,32,37H,5,14-17,19-20H2,1-2H3,(H,35,38)/t30-/m0/s1. The first-order valence-corrected chi connectivity index (χ1v) is 13.5. The molecule has 1 amide bonds. The van der Waals surface area contributed by atoms with Crippen LogP contribution in [0.25, 0.3) is 10.4 Å². The monoisotopic (exact) mass is 574 g/mol. The van der Waals surface area contributed by atoms with Gasteiger partial charge in [-0.15, -0.1) is 0 Å². The summed E-state index contributed by atoms with van der Waals surface area (Å²) in [6.07, 6.45) is 1.30. The van der Waals surface area contributed by atoms with Gasteiger partial charge in [0.2, 0.25) is 5.90 Å². The molecule has 0 aliphatic carbocycles. The Morgan fingerprint density at radius 2 is 1.90 bits per heavy atom. The number of nitrogens with one attached hydrogen (secondary N) is 2. The fourth-order valence-electron chi connectivity index (χ4n) is 4.45. The summed E-state index contributed by atoms with van der Waals surface area (Å²) in [7, 11) is 3.17. The SMILES string of the molecule is COc1ccc(CCNNC(=O)[C@]2(Cc3ccccc3N=[N+]=[N-])COC(c3ccc(OCCCO)cc3)=N2)cc1OC. The lowest BCUT2D eigenvalue weighted by atomic mass is 9.91. The lowest BCUT2D eigenvalue weighted by molar-refractivity contribution is -0.127. The lowest BCUT2D eigenvalue weighted by Crippen LogP contribution is -2.53. The van der Waals surface area contributed by atoms with Crippen LogP contribution in [0.15, 0.2) is 76.8 Å². The fraction of sp³-hybridized carbons (Fsp3) is 0.333. The predicted octanol–water partition coefficient (Wildman–Crippen LogP) is 4.03. The third kappa shape index (κ3) is 7.49. The Kier molecular flexibility index (Phi) is 10.6. The van der Waals surface area contributed by atoms with Crippen LogP contribution in [0.3, 0.4) is 0 Å². The van der Waals surface area contributed by atoms with Gasteiger partial charge in [0.15, 0.2) is 17.0 Å². The van der Waals surface area contributed by atoms with Gasteiger partial charge in [0, 0.05) is 42.2 Å². The molecule has 3 N–H and O–H groups in total. The fourth-order valence-corrected chi connectivity index (χ4v) is 4.45. The van der Waals surface area contributed by atoms with E-state index < -0.39 is 5.54 Å². The highest BCUT2D eigenvalue weighted by atomic mass is 16.5. The van der Waals surface area contributed by atoms with Gasteiger partial charge in [0.25, 0.3) is 5.91 Å². The van der Waals surface area contributed by atoms with Crippen molar-refractivity contribution in [2.75, 3.05) is 40.6 Å². The number of nitrogens with zero attached hydrogens (tertiary/aromatic N) is 4. The zero-order valence-corrected chi connectivity index (χ0v) is 23.6. The molecule has 12 nitrogen and oxygen atoms in total. The van der Waals surface area contributed by atoms with Gasteiger partial charge in [-0.2, -0.15) is 0 Å². The minimum Gasteiger partial charge on any atom is -0.494 e. The molecular formula is C30H34N6O6. The molecule has 220 valence electrons. The molecule has 0 aromatic heterocycles. The summed E-state index contributed by atoms with van der Waals surface area (Å²) in [5.41, 5.74) is 16.3. The molecule has 3 aromatic carbocycles. The topological polar surface area (TPSA) is 159 Å². The molecular weight excluding hydrogens is 540 g/mol. The molecule has 0 fully saturated rings. The van der Waals surface area contributed by atoms with Gasteiger partial charge in [-0.3, -0.25) is 10.2 Å². The molecule has 0 saturated carbocycles. The van der Waals surface area contributed by atoms with E-state index in [-0.39, 0.29) is 25.5 Å². The van der Waals surface area contributed by atoms with Crippen molar-refractivity contribution in [3.63, 3.8) is 0 Å². The third-order valence-corrected chi connectivity index (χ3v) is 6.67. The van der Waals surface area contributed by atoms with E-state index >= 15 is 0 Å². The van der Waals surface area contributed by atoms with Crippen molar-refractivity contribution in [1.82, 2.24) is 10.9 Å². The molecule has 1 atom stereocenters. The lowest BCUT2D eigenvalue weighted by Gasteiger charge is -2.24. The number of rotatable bonds is 15. The third-order valence-electron chi connectivity index (χ3n) is 6.67. The number of aliphatic hydroxyl groups excluding tert-OH is 1. The number of azide groups is 1. The van der Waals surface area contributed by atoms with Crippen LogP contribution >= 0.6 is 0 Å². The Morgan fingerprint density at radius 3 is 2.64 bits per heavy atom. The number of hydrogen-bond donors (Lipinski definition) is 3. The summed E-state index contributed by atoms with van der Waals surface area (Å²) in [5.74, 6) is 1.86. The van der Waals surface area contributed by atoms with E-state index in [1.807, 2.05) is 24.3 Å². The van der Waals surface area contributed by atoms with Gasteiger partial charge < -0.3 is 24.1 Å². The maximum absolute atomic E-state index is 13.7. The number of benzene rings is 3. The number of carbonyl (C=O) groups is 1. The van der Waals surface area contributed by atoms with Crippen molar-refractivity contribution in [3.05, 3.63) is 93.9 Å². The number of hydrazine groups is 1. The average molecular weight is 575 g/mol. The average Bonchev–Trinajstić information content (AvgIpc) is 3.46. The van der Waals surface area contributed by atoms with Crippen LogP contribution in [0.1, 0.15) is 23.1 Å². The van der Waals surface area contributed by atoms with E-state index in [9.17, 15) is 4.79 Å². The highest BCUT2D eigenvalue weighted by molar-refractivity contribution is 6.00. The summed E-state index contributed by atoms with van der Waals surface area (Å²) in [4.78, 5) is 21.4. The molecule has 0 spiro atoms. The molecule has 0 radical (unpaired) electrons. The first-order valence-electron chi connectivity index (χ1n) is 13.5. The second-order valence-corrected chi connectivity index (χ2v) is 9.50. The minimum absolute atomic E-state index is 0.00905. The molecule has 4 rings (SSSR count). The van der Waals surface area contributed by atoms with Crippen molar-refractivity contribution in [3.8, 4) is 17.2 Å². The molecule has 12 heteroatoms. The van der Waals surface area contributed by atoms with Crippen LogP contribution in [-0.2, 0) is 22.4 Å². The molecule has 0 saturated heterocycles. The number of ether oxygens (including phenoxy) is 4. The first kappa shape index (κ1) is 30.2. The normalized spacial score (nSPS) is 15.6. The van der Waals surface area contributed by atoms with Crippen LogP contribution in [0.5, 0.6) is 17.2 Å². The van der Waals surface area contributed by atoms with Crippen molar-refractivity contribution < 1.29 is 28.8 Å². The van der Waals surface area contributed by atoms with Gasteiger partial charge in [-0.25, -0.2) is 10.4 Å². The maximum Gasteiger partial charge on any atom is 0.266 e. The van der Waals surface area contributed by atoms with Crippen LogP contribution in [0, 0.1) is 0 Å². The number of amides is 1. The first-order chi connectivity index (χ1) is 20.5. The van der Waals surface area contributed by atoms with E-state index in [0.29, 0.717) is 66.0 Å². The Morgan fingerprint density at radius 1 is 1.12 bits per heavy atom. The maximum atomic E-state index is 13.7. The van der Waals surface area contributed by atoms with Crippen molar-refractivity contribution in [2.45, 2.75) is 24.8 Å². The number of aliphatic imine (C=N–C) groups is 1. The zero-order valence-electron chi connectivity index (χ0n) is 23.6. The van der Waals surface area contributed by atoms with Crippen molar-refractivity contribution in [1.29, 1.82) is 0 Å². The number of carbonyl (C=O) groups excluding carboxylic acids is 1. The zero-order chi connectivity index (χ0) is 29.8. The summed E-state index contributed by atoms with van der Waals surface area (Å²) in [6, 6.07) is 19.9. The van der Waals surface area contributed by atoms with Gasteiger partial charge >= 0.3 is 0 Å². The van der Waals surface area contributed by atoms with E-state index in [0.717, 1.165) is 5.56 Å². The largest absolute Gasteiger partial charge is 0.494 e. The van der Waals surface area contributed by atoms with E-state index in [1.54, 1.807) is 56.7 Å². The Hall–Kier alpha value is -4.77. The van der Waals surface area contributed by atoms with Crippen molar-refractivity contribution in [2.24, 2.45) is 10.1 Å². The van der Waals surface area contributed by atoms with Crippen molar-refractivity contribution >= 4 is 17.5 Å². The van der Waals surface area contributed by atoms with Gasteiger partial charge in [-0.1, -0.05) is 35.4 Å². The van der Waals surface area contributed by atoms with Gasteiger partial charge in [0.05, 0.1) is 20.8 Å². The number of aliphatic hydroxyl groups is 1. The quantitative estimate of drug-likeness (QED) is 0.0812. The molecule has 0 unspecified atom stereocenters. The highest BCUT2D eigenvalue weighted by Crippen LogP contribution is 2.31. The van der Waals surface area contributed by atoms with E-state index in [2.05, 4.69) is 20.9 Å². The number of methoxy groups -OCH3 is 2. The van der Waals surface area contributed by atoms with Gasteiger partial charge in [0.1, 0.15) is 12.4 Å². The Balaban J connectivity index is 1.50. The van der Waals surface area contributed by atoms with E-state index in [4.69, 9.17) is 34.6 Å². The second-order valence-electron chi connectivity index (χ2n) is 9.50. The summed E-state index contributed by atoms with van der Waals surface area (Å²) in [5, 5.41) is 12.7. The summed E-state index contributed by atoms with van der Waals surface area (Å²) < 4.78 is 22.2. The number of hydrogen-bond acceptors (Lipinski definition) is 9. The Labute approximate surface area is 243 Å². The van der Waals surface area contributed by atoms with E-state index in [1.165, 1.54) is 0 Å². The molecule has 3 aromatic rings. The summed E-state index contributed by atoms with van der Waals surface area (Å²) in [6.45, 7) is 0.896. The van der Waals surface area contributed by atoms with Crippen LogP contribution in [0.4, 0.5) is 5.69 Å². The molecule has 1 aliphatic rings. The minimum atomic E-state index is -1.32. The summed E-state index contributed by atoms with van der Waals surface area (Å²) >= 11 is 0. The predicted molar refractivity (Wildman–Crippen MR) is 157 cm³/mol. The second kappa shape index (κ2) is 14.7. The Bertz CT molecular complexity index is 1440. The van der Waals surface area contributed by atoms with Crippen LogP contribution in [-0.4, -0.2) is 63.0 Å². The highest BCUT2D eigenvalue weighted by Gasteiger charge is 2.45.